The van der Waals surface area contributed by atoms with Gasteiger partial charge in [0.15, 0.2) is 0 Å². The Kier molecular flexibility index (Phi) is 10.3. The molecule has 0 aromatic heterocycles. The number of benzene rings is 3. The molecule has 41 heavy (non-hydrogen) atoms. The SMILES string of the molecule is Cc1cccc(CN(C(=O)CN(c2ccc(Cl)cc2Cl)S(=O)(=O)c2ccccc2)[C@@H](C)C(=O)NC2CCCCC2)c1. The fourth-order valence-electron chi connectivity index (χ4n) is 5.08. The number of hydrogen-bond donors (Lipinski definition) is 1. The van der Waals surface area contributed by atoms with Crippen molar-refractivity contribution in [3.05, 3.63) is 94.0 Å². The normalized spacial score (nSPS) is 14.7. The van der Waals surface area contributed by atoms with Gasteiger partial charge in [-0.3, -0.25) is 13.9 Å². The number of nitrogens with zero attached hydrogens (tertiary/aromatic N) is 2. The summed E-state index contributed by atoms with van der Waals surface area (Å²) in [6.45, 7) is 3.20. The minimum atomic E-state index is -4.21. The Labute approximate surface area is 252 Å². The van der Waals surface area contributed by atoms with Crippen LogP contribution in [-0.4, -0.2) is 43.8 Å². The van der Waals surface area contributed by atoms with Gasteiger partial charge in [-0.25, -0.2) is 8.42 Å². The van der Waals surface area contributed by atoms with Crippen LogP contribution < -0.4 is 9.62 Å². The van der Waals surface area contributed by atoms with Crippen LogP contribution in [0.4, 0.5) is 5.69 Å². The van der Waals surface area contributed by atoms with Gasteiger partial charge in [0.05, 0.1) is 15.6 Å². The Hall–Kier alpha value is -3.07. The minimum Gasteiger partial charge on any atom is -0.352 e. The number of amides is 2. The third kappa shape index (κ3) is 7.82. The molecule has 1 aliphatic carbocycles. The molecule has 218 valence electrons. The molecule has 0 unspecified atom stereocenters. The molecular weight excluding hydrogens is 581 g/mol. The van der Waals surface area contributed by atoms with Gasteiger partial charge in [0, 0.05) is 17.6 Å². The van der Waals surface area contributed by atoms with Gasteiger partial charge in [-0.2, -0.15) is 0 Å². The predicted molar refractivity (Wildman–Crippen MR) is 164 cm³/mol. The molecule has 0 heterocycles. The van der Waals surface area contributed by atoms with E-state index in [9.17, 15) is 18.0 Å². The molecule has 4 rings (SSSR count). The first-order valence-electron chi connectivity index (χ1n) is 13.7. The Balaban J connectivity index is 1.69. The Morgan fingerprint density at radius 1 is 0.951 bits per heavy atom. The topological polar surface area (TPSA) is 86.8 Å². The van der Waals surface area contributed by atoms with Gasteiger partial charge >= 0.3 is 0 Å². The van der Waals surface area contributed by atoms with Crippen LogP contribution >= 0.6 is 23.2 Å². The van der Waals surface area contributed by atoms with Crippen LogP contribution in [0.5, 0.6) is 0 Å². The Morgan fingerprint density at radius 3 is 2.32 bits per heavy atom. The van der Waals surface area contributed by atoms with Crippen molar-refractivity contribution in [1.82, 2.24) is 10.2 Å². The second-order valence-corrected chi connectivity index (χ2v) is 13.2. The smallest absolute Gasteiger partial charge is 0.264 e. The van der Waals surface area contributed by atoms with E-state index in [0.717, 1.165) is 47.5 Å². The molecule has 3 aromatic carbocycles. The number of anilines is 1. The van der Waals surface area contributed by atoms with Gasteiger partial charge in [-0.05, 0) is 62.6 Å². The Morgan fingerprint density at radius 2 is 1.66 bits per heavy atom. The second-order valence-electron chi connectivity index (χ2n) is 10.5. The lowest BCUT2D eigenvalue weighted by molar-refractivity contribution is -0.139. The molecule has 1 fully saturated rings. The van der Waals surface area contributed by atoms with Crippen molar-refractivity contribution in [3.8, 4) is 0 Å². The molecule has 1 atom stereocenters. The molecule has 1 aliphatic rings. The summed E-state index contributed by atoms with van der Waals surface area (Å²) in [7, 11) is -4.21. The number of halogens is 2. The van der Waals surface area contributed by atoms with Crippen LogP contribution in [0.1, 0.15) is 50.2 Å². The standard InChI is InChI=1S/C31H35Cl2N3O4S/c1-22-10-9-11-24(18-22)20-35(23(2)31(38)34-26-12-5-3-6-13-26)30(37)21-36(29-17-16-25(32)19-28(29)33)41(39,40)27-14-7-4-8-15-27/h4,7-11,14-19,23,26H,3,5-6,12-13,20-21H2,1-2H3,(H,34,38)/t23-/m0/s1. The van der Waals surface area contributed by atoms with E-state index >= 15 is 0 Å². The van der Waals surface area contributed by atoms with Crippen molar-refractivity contribution < 1.29 is 18.0 Å². The van der Waals surface area contributed by atoms with Gasteiger partial charge in [-0.15, -0.1) is 0 Å². The summed E-state index contributed by atoms with van der Waals surface area (Å²) in [4.78, 5) is 28.9. The van der Waals surface area contributed by atoms with Crippen LogP contribution in [0.25, 0.3) is 0 Å². The van der Waals surface area contributed by atoms with E-state index in [-0.39, 0.29) is 34.1 Å². The first kappa shape index (κ1) is 30.9. The molecule has 1 saturated carbocycles. The zero-order chi connectivity index (χ0) is 29.6. The Bertz CT molecular complexity index is 1480. The number of hydrogen-bond acceptors (Lipinski definition) is 4. The van der Waals surface area contributed by atoms with Gasteiger partial charge in [0.1, 0.15) is 12.6 Å². The van der Waals surface area contributed by atoms with Gasteiger partial charge in [0.2, 0.25) is 11.8 Å². The number of nitrogens with one attached hydrogen (secondary N) is 1. The molecule has 1 N–H and O–H groups in total. The quantitative estimate of drug-likeness (QED) is 0.287. The molecule has 2 amide bonds. The number of aryl methyl sites for hydroxylation is 1. The fourth-order valence-corrected chi connectivity index (χ4v) is 7.09. The highest BCUT2D eigenvalue weighted by molar-refractivity contribution is 7.92. The molecule has 0 radical (unpaired) electrons. The summed E-state index contributed by atoms with van der Waals surface area (Å²) in [5, 5.41) is 3.52. The average Bonchev–Trinajstić information content (AvgIpc) is 2.95. The van der Waals surface area contributed by atoms with Gasteiger partial charge < -0.3 is 10.2 Å². The maximum Gasteiger partial charge on any atom is 0.264 e. The third-order valence-electron chi connectivity index (χ3n) is 7.34. The van der Waals surface area contributed by atoms with E-state index in [0.29, 0.717) is 5.02 Å². The van der Waals surface area contributed by atoms with Crippen LogP contribution in [-0.2, 0) is 26.2 Å². The van der Waals surface area contributed by atoms with E-state index in [1.54, 1.807) is 25.1 Å². The largest absolute Gasteiger partial charge is 0.352 e. The van der Waals surface area contributed by atoms with Gasteiger partial charge in [0.25, 0.3) is 10.0 Å². The summed E-state index contributed by atoms with van der Waals surface area (Å²) in [5.74, 6) is -0.803. The lowest BCUT2D eigenvalue weighted by Crippen LogP contribution is -2.53. The van der Waals surface area contributed by atoms with Crippen molar-refractivity contribution in [2.45, 2.75) is 69.5 Å². The number of carbonyl (C=O) groups is 2. The van der Waals surface area contributed by atoms with Crippen LogP contribution in [0.2, 0.25) is 10.0 Å². The highest BCUT2D eigenvalue weighted by Gasteiger charge is 2.34. The summed E-state index contributed by atoms with van der Waals surface area (Å²) in [5.41, 5.74) is 1.95. The average molecular weight is 617 g/mol. The van der Waals surface area contributed by atoms with Crippen LogP contribution in [0.3, 0.4) is 0 Å². The molecule has 10 heteroatoms. The number of carbonyl (C=O) groups excluding carboxylic acids is 2. The van der Waals surface area contributed by atoms with E-state index in [4.69, 9.17) is 23.2 Å². The first-order chi connectivity index (χ1) is 19.6. The van der Waals surface area contributed by atoms with E-state index < -0.39 is 28.5 Å². The summed E-state index contributed by atoms with van der Waals surface area (Å²) in [6.07, 6.45) is 5.07. The molecular formula is C31H35Cl2N3O4S. The predicted octanol–water partition coefficient (Wildman–Crippen LogP) is 6.36. The van der Waals surface area contributed by atoms with Crippen molar-refractivity contribution >= 4 is 50.7 Å². The van der Waals surface area contributed by atoms with Crippen molar-refractivity contribution in [3.63, 3.8) is 0 Å². The second kappa shape index (κ2) is 13.7. The fraction of sp³-hybridized carbons (Fsp3) is 0.355. The minimum absolute atomic E-state index is 0.00661. The molecule has 0 aliphatic heterocycles. The lowest BCUT2D eigenvalue weighted by Gasteiger charge is -2.33. The zero-order valence-electron chi connectivity index (χ0n) is 23.2. The highest BCUT2D eigenvalue weighted by Crippen LogP contribution is 2.33. The maximum atomic E-state index is 14.1. The van der Waals surface area contributed by atoms with Crippen LogP contribution in [0.15, 0.2) is 77.7 Å². The molecule has 0 spiro atoms. The number of rotatable bonds is 10. The molecule has 3 aromatic rings. The van der Waals surface area contributed by atoms with E-state index in [1.807, 2.05) is 31.2 Å². The van der Waals surface area contributed by atoms with Crippen molar-refractivity contribution in [2.24, 2.45) is 0 Å². The summed E-state index contributed by atoms with van der Waals surface area (Å²) in [6, 6.07) is 19.2. The van der Waals surface area contributed by atoms with Crippen molar-refractivity contribution in [1.29, 1.82) is 0 Å². The van der Waals surface area contributed by atoms with Crippen LogP contribution in [0, 0.1) is 6.92 Å². The van der Waals surface area contributed by atoms with Gasteiger partial charge in [-0.1, -0.05) is 90.5 Å². The molecule has 0 bridgehead atoms. The van der Waals surface area contributed by atoms with Crippen molar-refractivity contribution in [2.75, 3.05) is 10.8 Å². The number of sulfonamides is 1. The summed E-state index contributed by atoms with van der Waals surface area (Å²) >= 11 is 12.6. The maximum absolute atomic E-state index is 14.1. The van der Waals surface area contributed by atoms with E-state index in [2.05, 4.69) is 5.32 Å². The highest BCUT2D eigenvalue weighted by atomic mass is 35.5. The summed E-state index contributed by atoms with van der Waals surface area (Å²) < 4.78 is 28.7. The first-order valence-corrected chi connectivity index (χ1v) is 15.9. The molecule has 0 saturated heterocycles. The molecule has 7 nitrogen and oxygen atoms in total. The monoisotopic (exact) mass is 615 g/mol. The lowest BCUT2D eigenvalue weighted by atomic mass is 9.95. The zero-order valence-corrected chi connectivity index (χ0v) is 25.6. The van der Waals surface area contributed by atoms with E-state index in [1.165, 1.54) is 35.2 Å². The third-order valence-corrected chi connectivity index (χ3v) is 9.65.